The first-order valence-electron chi connectivity index (χ1n) is 6.64. The number of hydrogen-bond donors (Lipinski definition) is 1. The Morgan fingerprint density at radius 1 is 1.32 bits per heavy atom. The van der Waals surface area contributed by atoms with Crippen molar-refractivity contribution in [3.63, 3.8) is 0 Å². The van der Waals surface area contributed by atoms with Crippen molar-refractivity contribution in [2.24, 2.45) is 5.92 Å². The molecule has 1 fully saturated rings. The Morgan fingerprint density at radius 2 is 2.00 bits per heavy atom. The number of rotatable bonds is 5. The molecule has 1 aliphatic rings. The van der Waals surface area contributed by atoms with Gasteiger partial charge in [0.15, 0.2) is 5.69 Å². The lowest BCUT2D eigenvalue weighted by atomic mass is 10.0. The van der Waals surface area contributed by atoms with Crippen molar-refractivity contribution in [3.05, 3.63) is 6.33 Å². The summed E-state index contributed by atoms with van der Waals surface area (Å²) in [5.74, 6) is 1.28. The molecular weight excluding hydrogens is 246 g/mol. The lowest BCUT2D eigenvalue weighted by Gasteiger charge is -2.22. The Labute approximate surface area is 113 Å². The molecule has 0 aromatic carbocycles. The molecule has 0 bridgehead atoms. The zero-order valence-corrected chi connectivity index (χ0v) is 11.5. The molecule has 0 saturated carbocycles. The third kappa shape index (κ3) is 3.96. The van der Waals surface area contributed by atoms with Gasteiger partial charge in [-0.3, -0.25) is 0 Å². The van der Waals surface area contributed by atoms with Gasteiger partial charge in [0.25, 0.3) is 0 Å². The Bertz CT molecular complexity index is 406. The van der Waals surface area contributed by atoms with Gasteiger partial charge in [-0.2, -0.15) is 9.97 Å². The molecule has 106 valence electrons. The van der Waals surface area contributed by atoms with Crippen molar-refractivity contribution in [3.8, 4) is 11.8 Å². The fourth-order valence-corrected chi connectivity index (χ4v) is 1.91. The third-order valence-corrected chi connectivity index (χ3v) is 2.95. The second-order valence-corrected chi connectivity index (χ2v) is 4.93. The van der Waals surface area contributed by atoms with Crippen LogP contribution in [-0.2, 0) is 4.74 Å². The number of anilines is 1. The van der Waals surface area contributed by atoms with E-state index in [4.69, 9.17) is 19.9 Å². The molecule has 0 aliphatic carbocycles. The summed E-state index contributed by atoms with van der Waals surface area (Å²) in [6, 6.07) is 0. The van der Waals surface area contributed by atoms with Gasteiger partial charge in [0.2, 0.25) is 11.8 Å². The van der Waals surface area contributed by atoms with Crippen molar-refractivity contribution in [2.75, 3.05) is 25.6 Å². The number of nitrogens with zero attached hydrogens (tertiary/aromatic N) is 2. The van der Waals surface area contributed by atoms with E-state index in [9.17, 15) is 0 Å². The summed E-state index contributed by atoms with van der Waals surface area (Å²) in [5.41, 5.74) is 6.31. The number of nitrogen functional groups attached to an aromatic ring is 1. The van der Waals surface area contributed by atoms with Gasteiger partial charge in [-0.1, -0.05) is 0 Å². The summed E-state index contributed by atoms with van der Waals surface area (Å²) in [6.07, 6.45) is 3.45. The maximum Gasteiger partial charge on any atom is 0.244 e. The highest BCUT2D eigenvalue weighted by Crippen LogP contribution is 2.28. The van der Waals surface area contributed by atoms with Crippen LogP contribution in [0.2, 0.25) is 0 Å². The standard InChI is InChI=1S/C13H21N3O3/c1-9(2)19-13-11(14)12(15-8-16-13)18-7-10-3-5-17-6-4-10/h8-10H,3-7,14H2,1-2H3. The molecular formula is C13H21N3O3. The first-order valence-corrected chi connectivity index (χ1v) is 6.64. The third-order valence-electron chi connectivity index (χ3n) is 2.95. The molecule has 1 aliphatic heterocycles. The van der Waals surface area contributed by atoms with E-state index in [1.165, 1.54) is 6.33 Å². The van der Waals surface area contributed by atoms with E-state index in [2.05, 4.69) is 9.97 Å². The van der Waals surface area contributed by atoms with Crippen molar-refractivity contribution < 1.29 is 14.2 Å². The van der Waals surface area contributed by atoms with Gasteiger partial charge >= 0.3 is 0 Å². The molecule has 19 heavy (non-hydrogen) atoms. The smallest absolute Gasteiger partial charge is 0.244 e. The molecule has 0 spiro atoms. The van der Waals surface area contributed by atoms with Crippen molar-refractivity contribution in [2.45, 2.75) is 32.8 Å². The van der Waals surface area contributed by atoms with Gasteiger partial charge < -0.3 is 19.9 Å². The zero-order chi connectivity index (χ0) is 13.7. The highest BCUT2D eigenvalue weighted by molar-refractivity contribution is 5.55. The van der Waals surface area contributed by atoms with E-state index >= 15 is 0 Å². The maximum absolute atomic E-state index is 5.95. The lowest BCUT2D eigenvalue weighted by molar-refractivity contribution is 0.0491. The Kier molecular flexibility index (Phi) is 4.79. The summed E-state index contributed by atoms with van der Waals surface area (Å²) >= 11 is 0. The number of nitrogens with two attached hydrogens (primary N) is 1. The van der Waals surface area contributed by atoms with Gasteiger partial charge in [-0.05, 0) is 32.6 Å². The van der Waals surface area contributed by atoms with Crippen molar-refractivity contribution in [1.82, 2.24) is 9.97 Å². The molecule has 6 nitrogen and oxygen atoms in total. The van der Waals surface area contributed by atoms with Crippen LogP contribution in [0.4, 0.5) is 5.69 Å². The van der Waals surface area contributed by atoms with Crippen LogP contribution in [0.1, 0.15) is 26.7 Å². The monoisotopic (exact) mass is 267 g/mol. The average molecular weight is 267 g/mol. The van der Waals surface area contributed by atoms with Crippen LogP contribution in [0.15, 0.2) is 6.33 Å². The van der Waals surface area contributed by atoms with Gasteiger partial charge in [-0.15, -0.1) is 0 Å². The minimum absolute atomic E-state index is 0.0144. The molecule has 1 aromatic rings. The van der Waals surface area contributed by atoms with Crippen LogP contribution in [0.3, 0.4) is 0 Å². The second-order valence-electron chi connectivity index (χ2n) is 4.93. The summed E-state index contributed by atoms with van der Waals surface area (Å²) in [4.78, 5) is 8.08. The van der Waals surface area contributed by atoms with Crippen molar-refractivity contribution in [1.29, 1.82) is 0 Å². The Morgan fingerprint density at radius 3 is 2.68 bits per heavy atom. The lowest BCUT2D eigenvalue weighted by Crippen LogP contribution is -2.22. The minimum atomic E-state index is 0.0144. The summed E-state index contributed by atoms with van der Waals surface area (Å²) in [5, 5.41) is 0. The maximum atomic E-state index is 5.95. The van der Waals surface area contributed by atoms with Gasteiger partial charge in [0.05, 0.1) is 12.7 Å². The van der Waals surface area contributed by atoms with Crippen LogP contribution in [0, 0.1) is 5.92 Å². The fourth-order valence-electron chi connectivity index (χ4n) is 1.91. The molecule has 0 radical (unpaired) electrons. The van der Waals surface area contributed by atoms with Crippen LogP contribution >= 0.6 is 0 Å². The largest absolute Gasteiger partial charge is 0.476 e. The highest BCUT2D eigenvalue weighted by atomic mass is 16.5. The molecule has 2 heterocycles. The predicted octanol–water partition coefficient (Wildman–Crippen LogP) is 1.65. The first kappa shape index (κ1) is 13.9. The van der Waals surface area contributed by atoms with Crippen LogP contribution in [0.5, 0.6) is 11.8 Å². The zero-order valence-electron chi connectivity index (χ0n) is 11.5. The van der Waals surface area contributed by atoms with Crippen LogP contribution in [-0.4, -0.2) is 35.9 Å². The van der Waals surface area contributed by atoms with E-state index < -0.39 is 0 Å². The van der Waals surface area contributed by atoms with Crippen LogP contribution < -0.4 is 15.2 Å². The molecule has 0 atom stereocenters. The van der Waals surface area contributed by atoms with Gasteiger partial charge in [0.1, 0.15) is 6.33 Å². The SMILES string of the molecule is CC(C)Oc1ncnc(OCC2CCOCC2)c1N. The van der Waals surface area contributed by atoms with Crippen LogP contribution in [0.25, 0.3) is 0 Å². The molecule has 0 unspecified atom stereocenters. The molecule has 2 rings (SSSR count). The quantitative estimate of drug-likeness (QED) is 0.873. The normalized spacial score (nSPS) is 16.6. The summed E-state index contributed by atoms with van der Waals surface area (Å²) in [6.45, 7) is 6.05. The Hall–Kier alpha value is -1.56. The first-order chi connectivity index (χ1) is 9.16. The van der Waals surface area contributed by atoms with E-state index in [1.807, 2.05) is 13.8 Å². The molecule has 6 heteroatoms. The highest BCUT2D eigenvalue weighted by Gasteiger charge is 2.17. The number of aromatic nitrogens is 2. The van der Waals surface area contributed by atoms with Gasteiger partial charge in [0, 0.05) is 13.2 Å². The van der Waals surface area contributed by atoms with Gasteiger partial charge in [-0.25, -0.2) is 0 Å². The molecule has 1 saturated heterocycles. The van der Waals surface area contributed by atoms with E-state index in [0.29, 0.717) is 30.0 Å². The second kappa shape index (κ2) is 6.56. The van der Waals surface area contributed by atoms with E-state index in [-0.39, 0.29) is 6.10 Å². The topological polar surface area (TPSA) is 79.5 Å². The summed E-state index contributed by atoms with van der Waals surface area (Å²) in [7, 11) is 0. The molecule has 0 amide bonds. The minimum Gasteiger partial charge on any atom is -0.476 e. The molecule has 1 aromatic heterocycles. The predicted molar refractivity (Wildman–Crippen MR) is 71.2 cm³/mol. The fraction of sp³-hybridized carbons (Fsp3) is 0.692. The Balaban J connectivity index is 1.95. The molecule has 2 N–H and O–H groups in total. The summed E-state index contributed by atoms with van der Waals surface area (Å²) < 4.78 is 16.5. The van der Waals surface area contributed by atoms with E-state index in [0.717, 1.165) is 26.1 Å². The number of hydrogen-bond acceptors (Lipinski definition) is 6. The number of ether oxygens (including phenoxy) is 3. The average Bonchev–Trinajstić information content (AvgIpc) is 2.40. The van der Waals surface area contributed by atoms with Crippen molar-refractivity contribution >= 4 is 5.69 Å². The van der Waals surface area contributed by atoms with E-state index in [1.54, 1.807) is 0 Å².